The van der Waals surface area contributed by atoms with Gasteiger partial charge in [0.05, 0.1) is 13.0 Å². The van der Waals surface area contributed by atoms with Crippen molar-refractivity contribution < 1.29 is 32.0 Å². The first kappa shape index (κ1) is 28.6. The van der Waals surface area contributed by atoms with Gasteiger partial charge in [-0.15, -0.1) is 0 Å². The quantitative estimate of drug-likeness (QED) is 0.128. The first-order valence-corrected chi connectivity index (χ1v) is 12.7. The highest BCUT2D eigenvalue weighted by Crippen LogP contribution is 2.12. The number of ether oxygens (including phenoxy) is 2. The zero-order valence-electron chi connectivity index (χ0n) is 18.6. The highest BCUT2D eigenvalue weighted by molar-refractivity contribution is 7.87. The van der Waals surface area contributed by atoms with Gasteiger partial charge in [0.25, 0.3) is 10.1 Å². The van der Waals surface area contributed by atoms with Crippen molar-refractivity contribution in [1.29, 1.82) is 0 Å². The molecule has 0 fully saturated rings. The molecule has 1 atom stereocenters. The molecule has 1 N–H and O–H groups in total. The van der Waals surface area contributed by atoms with E-state index in [1.807, 2.05) is 0 Å². The lowest BCUT2D eigenvalue weighted by atomic mass is 10.1. The van der Waals surface area contributed by atoms with E-state index in [2.05, 4.69) is 6.92 Å². The van der Waals surface area contributed by atoms with Crippen LogP contribution < -0.4 is 0 Å². The molecule has 0 rings (SSSR count). The van der Waals surface area contributed by atoms with Crippen LogP contribution in [-0.4, -0.2) is 43.4 Å². The Morgan fingerprint density at radius 2 is 1.37 bits per heavy atom. The number of unbranched alkanes of at least 4 members (excludes halogenated alkanes) is 11. The van der Waals surface area contributed by atoms with Crippen LogP contribution in [0.1, 0.15) is 97.3 Å². The fourth-order valence-electron chi connectivity index (χ4n) is 2.97. The van der Waals surface area contributed by atoms with Crippen LogP contribution in [0.5, 0.6) is 0 Å². The van der Waals surface area contributed by atoms with Crippen molar-refractivity contribution >= 4 is 22.1 Å². The van der Waals surface area contributed by atoms with E-state index in [1.54, 1.807) is 13.0 Å². The van der Waals surface area contributed by atoms with Gasteiger partial charge < -0.3 is 9.47 Å². The minimum absolute atomic E-state index is 0.130. The van der Waals surface area contributed by atoms with Crippen molar-refractivity contribution in [1.82, 2.24) is 0 Å². The van der Waals surface area contributed by atoms with Crippen LogP contribution in [-0.2, 0) is 29.2 Å². The minimum atomic E-state index is -4.75. The van der Waals surface area contributed by atoms with Gasteiger partial charge >= 0.3 is 11.9 Å². The lowest BCUT2D eigenvalue weighted by Gasteiger charge is -2.12. The second-order valence-corrected chi connectivity index (χ2v) is 9.12. The Hall–Kier alpha value is -1.41. The summed E-state index contributed by atoms with van der Waals surface area (Å²) in [7, 11) is -4.75. The lowest BCUT2D eigenvalue weighted by molar-refractivity contribution is -0.149. The maximum atomic E-state index is 11.8. The Morgan fingerprint density at radius 1 is 0.867 bits per heavy atom. The maximum Gasteiger partial charge on any atom is 0.327 e. The smallest absolute Gasteiger partial charge is 0.327 e. The third-order valence-electron chi connectivity index (χ3n) is 4.79. The van der Waals surface area contributed by atoms with Gasteiger partial charge in [-0.2, -0.15) is 8.42 Å². The van der Waals surface area contributed by atoms with E-state index in [0.29, 0.717) is 6.42 Å². The van der Waals surface area contributed by atoms with Crippen LogP contribution in [0.15, 0.2) is 12.2 Å². The molecule has 0 saturated heterocycles. The molecule has 0 aromatic heterocycles. The molecule has 0 heterocycles. The summed E-state index contributed by atoms with van der Waals surface area (Å²) in [5.41, 5.74) is 0. The van der Waals surface area contributed by atoms with Crippen LogP contribution in [0.3, 0.4) is 0 Å². The second-order valence-electron chi connectivity index (χ2n) is 7.52. The van der Waals surface area contributed by atoms with E-state index in [4.69, 9.17) is 9.47 Å². The summed E-state index contributed by atoms with van der Waals surface area (Å²) in [6, 6.07) is 0. The van der Waals surface area contributed by atoms with Crippen LogP contribution >= 0.6 is 0 Å². The molecule has 176 valence electrons. The van der Waals surface area contributed by atoms with Gasteiger partial charge in [0.1, 0.15) is 6.61 Å². The van der Waals surface area contributed by atoms with Crippen molar-refractivity contribution in [2.24, 2.45) is 0 Å². The Kier molecular flexibility index (Phi) is 17.5. The van der Waals surface area contributed by atoms with Crippen LogP contribution in [0.2, 0.25) is 0 Å². The van der Waals surface area contributed by atoms with Gasteiger partial charge in [0.2, 0.25) is 0 Å². The summed E-state index contributed by atoms with van der Waals surface area (Å²) >= 11 is 0. The molecular weight excluding hydrogens is 408 g/mol. The fourth-order valence-corrected chi connectivity index (χ4v) is 3.63. The fraction of sp³-hybridized carbons (Fsp3) is 0.818. The molecular formula is C22H40O7S. The molecule has 0 amide bonds. The number of hydrogen-bond acceptors (Lipinski definition) is 6. The zero-order chi connectivity index (χ0) is 22.7. The summed E-state index contributed by atoms with van der Waals surface area (Å²) in [5.74, 6) is -2.01. The standard InChI is InChI=1S/C22H40O7S/c1-3-5-7-8-9-10-11-12-13-14-15-16-18-28-21(23)19-20(30(25,26)27)22(24)29-17-6-4-2/h4,6,20H,3,5,7-19H2,1-2H3,(H,25,26,27)/b6-4+. The number of esters is 2. The molecule has 0 spiro atoms. The van der Waals surface area contributed by atoms with Gasteiger partial charge in [-0.05, 0) is 13.3 Å². The highest BCUT2D eigenvalue weighted by Gasteiger charge is 2.35. The topological polar surface area (TPSA) is 107 Å². The molecule has 8 heteroatoms. The second kappa shape index (κ2) is 18.4. The predicted octanol–water partition coefficient (Wildman–Crippen LogP) is 5.00. The van der Waals surface area contributed by atoms with E-state index in [0.717, 1.165) is 19.3 Å². The summed E-state index contributed by atoms with van der Waals surface area (Å²) in [5, 5.41) is -1.96. The van der Waals surface area contributed by atoms with Crippen molar-refractivity contribution in [2.75, 3.05) is 13.2 Å². The average Bonchev–Trinajstić information content (AvgIpc) is 2.69. The normalized spacial score (nSPS) is 12.8. The third-order valence-corrected chi connectivity index (χ3v) is 5.87. The Morgan fingerprint density at radius 3 is 1.83 bits per heavy atom. The summed E-state index contributed by atoms with van der Waals surface area (Å²) in [6.45, 7) is 3.97. The molecule has 0 aliphatic heterocycles. The van der Waals surface area contributed by atoms with Gasteiger partial charge in [0.15, 0.2) is 5.25 Å². The van der Waals surface area contributed by atoms with E-state index in [-0.39, 0.29) is 13.2 Å². The molecule has 0 aromatic rings. The average molecular weight is 449 g/mol. The van der Waals surface area contributed by atoms with Crippen molar-refractivity contribution in [3.63, 3.8) is 0 Å². The van der Waals surface area contributed by atoms with Gasteiger partial charge in [-0.1, -0.05) is 89.7 Å². The molecule has 0 saturated carbocycles. The van der Waals surface area contributed by atoms with Crippen LogP contribution in [0.4, 0.5) is 0 Å². The summed E-state index contributed by atoms with van der Waals surface area (Å²) < 4.78 is 41.6. The van der Waals surface area contributed by atoms with E-state index >= 15 is 0 Å². The Balaban J connectivity index is 3.85. The third kappa shape index (κ3) is 16.4. The van der Waals surface area contributed by atoms with Crippen molar-refractivity contribution in [3.05, 3.63) is 12.2 Å². The van der Waals surface area contributed by atoms with Crippen molar-refractivity contribution in [2.45, 2.75) is 103 Å². The molecule has 0 aliphatic carbocycles. The molecule has 1 unspecified atom stereocenters. The number of carbonyl (C=O) groups excluding carboxylic acids is 2. The summed E-state index contributed by atoms with van der Waals surface area (Å²) in [6.07, 6.45) is 16.6. The summed E-state index contributed by atoms with van der Waals surface area (Å²) in [4.78, 5) is 23.6. The Labute approximate surface area is 182 Å². The Bertz CT molecular complexity index is 584. The lowest BCUT2D eigenvalue weighted by Crippen LogP contribution is -2.34. The molecule has 0 radical (unpaired) electrons. The van der Waals surface area contributed by atoms with Gasteiger partial charge in [-0.25, -0.2) is 0 Å². The van der Waals surface area contributed by atoms with Gasteiger partial charge in [-0.3, -0.25) is 14.1 Å². The molecule has 0 bridgehead atoms. The largest absolute Gasteiger partial charge is 0.466 e. The minimum Gasteiger partial charge on any atom is -0.466 e. The van der Waals surface area contributed by atoms with Crippen LogP contribution in [0, 0.1) is 0 Å². The first-order valence-electron chi connectivity index (χ1n) is 11.2. The number of carbonyl (C=O) groups is 2. The maximum absolute atomic E-state index is 11.8. The monoisotopic (exact) mass is 448 g/mol. The SMILES string of the molecule is C/C=C/COC(=O)C(CC(=O)OCCCCCCCCCCCCCC)S(=O)(=O)O. The molecule has 30 heavy (non-hydrogen) atoms. The van der Waals surface area contributed by atoms with Crippen molar-refractivity contribution in [3.8, 4) is 0 Å². The predicted molar refractivity (Wildman–Crippen MR) is 118 cm³/mol. The molecule has 0 aromatic carbocycles. The van der Waals surface area contributed by atoms with E-state index in [9.17, 15) is 22.6 Å². The van der Waals surface area contributed by atoms with Crippen LogP contribution in [0.25, 0.3) is 0 Å². The first-order chi connectivity index (χ1) is 14.3. The van der Waals surface area contributed by atoms with E-state index in [1.165, 1.54) is 57.4 Å². The highest BCUT2D eigenvalue weighted by atomic mass is 32.2. The zero-order valence-corrected chi connectivity index (χ0v) is 19.5. The molecule has 7 nitrogen and oxygen atoms in total. The number of allylic oxidation sites excluding steroid dienone is 1. The van der Waals surface area contributed by atoms with E-state index < -0.39 is 33.7 Å². The van der Waals surface area contributed by atoms with Gasteiger partial charge in [0, 0.05) is 0 Å². The number of rotatable bonds is 19. The molecule has 0 aliphatic rings. The number of hydrogen-bond donors (Lipinski definition) is 1.